The van der Waals surface area contributed by atoms with E-state index in [-0.39, 0.29) is 6.61 Å². The van der Waals surface area contributed by atoms with Gasteiger partial charge < -0.3 is 18.9 Å². The Morgan fingerprint density at radius 1 is 1.03 bits per heavy atom. The van der Waals surface area contributed by atoms with Gasteiger partial charge in [0.2, 0.25) is 0 Å². The van der Waals surface area contributed by atoms with E-state index in [1.807, 2.05) is 42.5 Å². The van der Waals surface area contributed by atoms with Crippen LogP contribution < -0.4 is 4.74 Å². The standard InChI is InChI=1S/C23H25ClN2O4/c1-27-20-13-19-17(12-18(20)23(28-2)8-10-29-11-9-23)22(24)26-21(25-19)15-30-14-16-6-4-3-5-7-16/h3-7,12-13H,8-11,14-15H2,1-2H3. The number of ether oxygens (including phenoxy) is 4. The molecule has 2 heterocycles. The Morgan fingerprint density at radius 2 is 1.80 bits per heavy atom. The van der Waals surface area contributed by atoms with E-state index in [1.165, 1.54) is 0 Å². The van der Waals surface area contributed by atoms with Crippen molar-refractivity contribution in [3.8, 4) is 5.75 Å². The summed E-state index contributed by atoms with van der Waals surface area (Å²) < 4.78 is 23.0. The predicted octanol–water partition coefficient (Wildman–Crippen LogP) is 4.66. The average Bonchev–Trinajstić information content (AvgIpc) is 2.79. The van der Waals surface area contributed by atoms with Gasteiger partial charge in [-0.15, -0.1) is 0 Å². The molecule has 6 nitrogen and oxygen atoms in total. The fourth-order valence-corrected chi connectivity index (χ4v) is 4.12. The predicted molar refractivity (Wildman–Crippen MR) is 115 cm³/mol. The number of hydrogen-bond donors (Lipinski definition) is 0. The number of halogens is 1. The second kappa shape index (κ2) is 9.27. The minimum Gasteiger partial charge on any atom is -0.496 e. The molecule has 158 valence electrons. The molecule has 0 aliphatic carbocycles. The van der Waals surface area contributed by atoms with E-state index in [1.54, 1.807) is 14.2 Å². The zero-order chi connectivity index (χ0) is 21.0. The third-order valence-corrected chi connectivity index (χ3v) is 5.83. The maximum absolute atomic E-state index is 6.54. The zero-order valence-electron chi connectivity index (χ0n) is 17.2. The van der Waals surface area contributed by atoms with Crippen LogP contribution in [0.15, 0.2) is 42.5 Å². The topological polar surface area (TPSA) is 62.7 Å². The Labute approximate surface area is 181 Å². The summed E-state index contributed by atoms with van der Waals surface area (Å²) >= 11 is 6.54. The summed E-state index contributed by atoms with van der Waals surface area (Å²) in [4.78, 5) is 9.09. The second-order valence-electron chi connectivity index (χ2n) is 7.29. The molecule has 0 spiro atoms. The van der Waals surface area contributed by atoms with E-state index in [0.29, 0.717) is 36.3 Å². The quantitative estimate of drug-likeness (QED) is 0.510. The van der Waals surface area contributed by atoms with Crippen LogP contribution in [0.2, 0.25) is 5.15 Å². The molecule has 3 aromatic rings. The summed E-state index contributed by atoms with van der Waals surface area (Å²) in [6.45, 7) is 2.03. The largest absolute Gasteiger partial charge is 0.496 e. The van der Waals surface area contributed by atoms with Crippen LogP contribution in [0.1, 0.15) is 29.8 Å². The summed E-state index contributed by atoms with van der Waals surface area (Å²) in [5.41, 5.74) is 2.28. The van der Waals surface area contributed by atoms with Gasteiger partial charge in [-0.25, -0.2) is 9.97 Å². The van der Waals surface area contributed by atoms with Crippen LogP contribution in [0, 0.1) is 0 Å². The highest BCUT2D eigenvalue weighted by Gasteiger charge is 2.37. The molecular formula is C23H25ClN2O4. The summed E-state index contributed by atoms with van der Waals surface area (Å²) in [6.07, 6.45) is 1.49. The number of hydrogen-bond acceptors (Lipinski definition) is 6. The molecule has 0 saturated carbocycles. The van der Waals surface area contributed by atoms with Gasteiger partial charge >= 0.3 is 0 Å². The molecule has 0 unspecified atom stereocenters. The summed E-state index contributed by atoms with van der Waals surface area (Å²) in [5, 5.41) is 1.16. The van der Waals surface area contributed by atoms with Gasteiger partial charge in [0.1, 0.15) is 23.1 Å². The molecular weight excluding hydrogens is 404 g/mol. The first-order valence-corrected chi connectivity index (χ1v) is 10.3. The fraction of sp³-hybridized carbons (Fsp3) is 0.391. The van der Waals surface area contributed by atoms with Crippen molar-refractivity contribution < 1.29 is 18.9 Å². The van der Waals surface area contributed by atoms with Crippen molar-refractivity contribution in [1.82, 2.24) is 9.97 Å². The summed E-state index contributed by atoms with van der Waals surface area (Å²) in [7, 11) is 3.38. The molecule has 0 radical (unpaired) electrons. The van der Waals surface area contributed by atoms with E-state index in [0.717, 1.165) is 35.1 Å². The molecule has 4 rings (SSSR count). The van der Waals surface area contributed by atoms with Gasteiger partial charge in [0, 0.05) is 50.2 Å². The van der Waals surface area contributed by atoms with Gasteiger partial charge in [-0.1, -0.05) is 41.9 Å². The lowest BCUT2D eigenvalue weighted by molar-refractivity contribution is -0.0956. The van der Waals surface area contributed by atoms with Gasteiger partial charge in [-0.3, -0.25) is 0 Å². The SMILES string of the molecule is COc1cc2nc(COCc3ccccc3)nc(Cl)c2cc1C1(OC)CCOCC1. The number of nitrogens with zero attached hydrogens (tertiary/aromatic N) is 2. The fourth-order valence-electron chi connectivity index (χ4n) is 3.87. The van der Waals surface area contributed by atoms with E-state index in [4.69, 9.17) is 30.5 Å². The molecule has 0 bridgehead atoms. The Kier molecular flexibility index (Phi) is 6.49. The third kappa shape index (κ3) is 4.27. The van der Waals surface area contributed by atoms with Crippen molar-refractivity contribution >= 4 is 22.5 Å². The first-order valence-electron chi connectivity index (χ1n) is 9.94. The van der Waals surface area contributed by atoms with Crippen molar-refractivity contribution in [2.24, 2.45) is 0 Å². The maximum Gasteiger partial charge on any atom is 0.156 e. The van der Waals surface area contributed by atoms with Crippen LogP contribution >= 0.6 is 11.6 Å². The molecule has 1 aliphatic rings. The Hall–Kier alpha value is -2.25. The minimum atomic E-state index is -0.474. The van der Waals surface area contributed by atoms with Crippen molar-refractivity contribution in [2.45, 2.75) is 31.7 Å². The minimum absolute atomic E-state index is 0.272. The van der Waals surface area contributed by atoms with Crippen LogP contribution in [-0.2, 0) is 33.0 Å². The Balaban J connectivity index is 1.63. The third-order valence-electron chi connectivity index (χ3n) is 5.54. The molecule has 1 fully saturated rings. The molecule has 7 heteroatoms. The smallest absolute Gasteiger partial charge is 0.156 e. The normalized spacial score (nSPS) is 16.0. The summed E-state index contributed by atoms with van der Waals surface area (Å²) in [6, 6.07) is 13.9. The first-order chi connectivity index (χ1) is 14.6. The summed E-state index contributed by atoms with van der Waals surface area (Å²) in [5.74, 6) is 1.25. The van der Waals surface area contributed by atoms with Crippen LogP contribution in [0.25, 0.3) is 10.9 Å². The van der Waals surface area contributed by atoms with Crippen LogP contribution in [0.5, 0.6) is 5.75 Å². The number of fused-ring (bicyclic) bond motifs is 1. The van der Waals surface area contributed by atoms with Gasteiger partial charge in [0.15, 0.2) is 5.82 Å². The van der Waals surface area contributed by atoms with E-state index >= 15 is 0 Å². The van der Waals surface area contributed by atoms with E-state index in [9.17, 15) is 0 Å². The lowest BCUT2D eigenvalue weighted by Crippen LogP contribution is -2.36. The molecule has 0 amide bonds. The van der Waals surface area contributed by atoms with Crippen molar-refractivity contribution in [1.29, 1.82) is 0 Å². The lowest BCUT2D eigenvalue weighted by Gasteiger charge is -2.37. The van der Waals surface area contributed by atoms with Crippen molar-refractivity contribution in [3.05, 3.63) is 64.6 Å². The van der Waals surface area contributed by atoms with Crippen molar-refractivity contribution in [3.63, 3.8) is 0 Å². The van der Waals surface area contributed by atoms with Gasteiger partial charge in [-0.2, -0.15) is 0 Å². The van der Waals surface area contributed by atoms with E-state index < -0.39 is 5.60 Å². The van der Waals surface area contributed by atoms with E-state index in [2.05, 4.69) is 9.97 Å². The number of methoxy groups -OCH3 is 2. The highest BCUT2D eigenvalue weighted by molar-refractivity contribution is 6.34. The molecule has 0 N–H and O–H groups in total. The Bertz CT molecular complexity index is 1010. The maximum atomic E-state index is 6.54. The molecule has 1 aliphatic heterocycles. The lowest BCUT2D eigenvalue weighted by atomic mass is 9.85. The van der Waals surface area contributed by atoms with Gasteiger partial charge in [-0.05, 0) is 11.6 Å². The van der Waals surface area contributed by atoms with Gasteiger partial charge in [0.05, 0.1) is 19.2 Å². The molecule has 1 saturated heterocycles. The molecule has 2 aromatic carbocycles. The second-order valence-corrected chi connectivity index (χ2v) is 7.65. The monoisotopic (exact) mass is 428 g/mol. The zero-order valence-corrected chi connectivity index (χ0v) is 17.9. The van der Waals surface area contributed by atoms with Gasteiger partial charge in [0.25, 0.3) is 0 Å². The Morgan fingerprint density at radius 3 is 2.50 bits per heavy atom. The average molecular weight is 429 g/mol. The number of aromatic nitrogens is 2. The number of rotatable bonds is 7. The van der Waals surface area contributed by atoms with Crippen LogP contribution in [0.3, 0.4) is 0 Å². The molecule has 30 heavy (non-hydrogen) atoms. The van der Waals surface area contributed by atoms with Crippen LogP contribution in [-0.4, -0.2) is 37.4 Å². The highest BCUT2D eigenvalue weighted by Crippen LogP contribution is 2.42. The first kappa shape index (κ1) is 21.0. The molecule has 0 atom stereocenters. The number of benzene rings is 2. The highest BCUT2D eigenvalue weighted by atomic mass is 35.5. The van der Waals surface area contributed by atoms with Crippen LogP contribution in [0.4, 0.5) is 0 Å². The van der Waals surface area contributed by atoms with Crippen molar-refractivity contribution in [2.75, 3.05) is 27.4 Å². The molecule has 1 aromatic heterocycles.